The topological polar surface area (TPSA) is 133 Å². The van der Waals surface area contributed by atoms with E-state index in [1.54, 1.807) is 12.1 Å². The molecule has 0 fully saturated rings. The van der Waals surface area contributed by atoms with Gasteiger partial charge in [-0.15, -0.1) is 0 Å². The largest absolute Gasteiger partial charge is 2.00 e. The van der Waals surface area contributed by atoms with E-state index in [1.165, 1.54) is 101 Å². The molecule has 0 aliphatic rings. The average molecular weight is 763 g/mol. The molecule has 0 atom stereocenters. The molecule has 0 aliphatic heterocycles. The molecule has 0 radical (unpaired) electrons. The molecule has 8 nitrogen and oxygen atoms in total. The van der Waals surface area contributed by atoms with E-state index in [9.17, 15) is 25.9 Å². The molecule has 4 aromatic rings. The maximum atomic E-state index is 11.1. The monoisotopic (exact) mass is 762 g/mol. The summed E-state index contributed by atoms with van der Waals surface area (Å²) in [5.74, 6) is 2.12. The van der Waals surface area contributed by atoms with Crippen molar-refractivity contribution in [1.29, 1.82) is 0 Å². The van der Waals surface area contributed by atoms with Gasteiger partial charge in [0.15, 0.2) is 0 Å². The van der Waals surface area contributed by atoms with Crippen LogP contribution in [0.5, 0.6) is 23.0 Å². The first-order valence-corrected chi connectivity index (χ1v) is 20.5. The van der Waals surface area contributed by atoms with Crippen molar-refractivity contribution in [3.05, 3.63) is 108 Å². The molecule has 0 bridgehead atoms. The van der Waals surface area contributed by atoms with Gasteiger partial charge < -0.3 is 18.6 Å². The molecule has 0 saturated carbocycles. The normalized spacial score (nSPS) is 11.2. The van der Waals surface area contributed by atoms with Crippen LogP contribution in [0.25, 0.3) is 0 Å². The van der Waals surface area contributed by atoms with E-state index in [1.807, 2.05) is 48.5 Å². The summed E-state index contributed by atoms with van der Waals surface area (Å²) in [6, 6.07) is 26.9. The Balaban J connectivity index is 0.000000347. The third-order valence-electron chi connectivity index (χ3n) is 8.19. The van der Waals surface area contributed by atoms with E-state index in [0.29, 0.717) is 23.0 Å². The van der Waals surface area contributed by atoms with E-state index >= 15 is 0 Å². The Morgan fingerprint density at radius 3 is 1.20 bits per heavy atom. The number of rotatable bonds is 20. The van der Waals surface area contributed by atoms with E-state index < -0.39 is 20.2 Å². The molecule has 0 aliphatic carbocycles. The van der Waals surface area contributed by atoms with Gasteiger partial charge in [-0.25, -0.2) is 16.8 Å². The van der Waals surface area contributed by atoms with Gasteiger partial charge in [0.05, 0.1) is 9.79 Å². The summed E-state index contributed by atoms with van der Waals surface area (Å²) in [6.07, 6.45) is 16.6. The molecule has 0 aromatic heterocycles. The standard InChI is InChI=1S/2C20H26O4S.Ca/c2*1-2-3-4-5-6-7-11-17-12-8-9-15-20(17)24-18-13-10-14-19(16-18)25(21,22)23;/h2*8-10,12-16H,2-7,11H2,1H3,(H,21,22,23);/q;;+2/p-2. The van der Waals surface area contributed by atoms with Crippen molar-refractivity contribution < 1.29 is 35.4 Å². The van der Waals surface area contributed by atoms with Crippen LogP contribution in [-0.4, -0.2) is 63.7 Å². The smallest absolute Gasteiger partial charge is 0.744 e. The summed E-state index contributed by atoms with van der Waals surface area (Å²) in [4.78, 5) is -0.559. The van der Waals surface area contributed by atoms with Crippen LogP contribution >= 0.6 is 0 Å². The quantitative estimate of drug-likeness (QED) is 0.0494. The molecule has 272 valence electrons. The molecular weight excluding hydrogens is 713 g/mol. The van der Waals surface area contributed by atoms with Crippen LogP contribution in [0.4, 0.5) is 0 Å². The van der Waals surface area contributed by atoms with E-state index in [0.717, 1.165) is 36.8 Å². The van der Waals surface area contributed by atoms with Gasteiger partial charge in [-0.1, -0.05) is 127 Å². The Kier molecular flexibility index (Phi) is 21.0. The van der Waals surface area contributed by atoms with Crippen molar-refractivity contribution >= 4 is 58.0 Å². The predicted molar refractivity (Wildman–Crippen MR) is 202 cm³/mol. The number of benzene rings is 4. The third kappa shape index (κ3) is 17.3. The molecule has 0 spiro atoms. The van der Waals surface area contributed by atoms with Gasteiger partial charge in [0, 0.05) is 0 Å². The minimum absolute atomic E-state index is 0. The first-order valence-electron chi connectivity index (χ1n) is 17.6. The van der Waals surface area contributed by atoms with Gasteiger partial charge in [0.25, 0.3) is 0 Å². The summed E-state index contributed by atoms with van der Waals surface area (Å²) in [6.45, 7) is 4.42. The van der Waals surface area contributed by atoms with Crippen molar-refractivity contribution in [2.24, 2.45) is 0 Å². The minimum atomic E-state index is -4.48. The fourth-order valence-corrected chi connectivity index (χ4v) is 6.46. The molecule has 0 unspecified atom stereocenters. The molecular formula is C40H50CaO8S2. The van der Waals surface area contributed by atoms with E-state index in [-0.39, 0.29) is 47.5 Å². The predicted octanol–water partition coefficient (Wildman–Crippen LogP) is 10.2. The first kappa shape index (κ1) is 44.7. The molecule has 0 amide bonds. The third-order valence-corrected chi connectivity index (χ3v) is 9.85. The molecule has 11 heteroatoms. The average Bonchev–Trinajstić information content (AvgIpc) is 3.09. The Labute approximate surface area is 335 Å². The van der Waals surface area contributed by atoms with Gasteiger partial charge in [0.2, 0.25) is 0 Å². The molecule has 0 N–H and O–H groups in total. The molecule has 4 aromatic carbocycles. The van der Waals surface area contributed by atoms with Gasteiger partial charge >= 0.3 is 37.7 Å². The van der Waals surface area contributed by atoms with Crippen LogP contribution in [0, 0.1) is 0 Å². The van der Waals surface area contributed by atoms with Gasteiger partial charge in [-0.2, -0.15) is 0 Å². The maximum absolute atomic E-state index is 11.1. The van der Waals surface area contributed by atoms with Crippen LogP contribution in [0.3, 0.4) is 0 Å². The minimum Gasteiger partial charge on any atom is -0.744 e. The fraction of sp³-hybridized carbons (Fsp3) is 0.400. The van der Waals surface area contributed by atoms with Gasteiger partial charge in [0.1, 0.15) is 43.2 Å². The van der Waals surface area contributed by atoms with Crippen LogP contribution in [0.1, 0.15) is 102 Å². The van der Waals surface area contributed by atoms with Crippen molar-refractivity contribution in [1.82, 2.24) is 0 Å². The van der Waals surface area contributed by atoms with Gasteiger partial charge in [-0.3, -0.25) is 0 Å². The molecule has 0 heterocycles. The zero-order valence-electron chi connectivity index (χ0n) is 29.9. The number of hydrogen-bond donors (Lipinski definition) is 0. The number of unbranched alkanes of at least 4 members (excludes halogenated alkanes) is 10. The Morgan fingerprint density at radius 1 is 0.471 bits per heavy atom. The Bertz CT molecular complexity index is 1680. The second-order valence-corrected chi connectivity index (χ2v) is 15.1. The van der Waals surface area contributed by atoms with Crippen molar-refractivity contribution in [3.8, 4) is 23.0 Å². The van der Waals surface area contributed by atoms with Crippen LogP contribution < -0.4 is 9.47 Å². The molecule has 0 saturated heterocycles. The zero-order chi connectivity index (χ0) is 36.2. The van der Waals surface area contributed by atoms with Crippen molar-refractivity contribution in [2.75, 3.05) is 0 Å². The SMILES string of the molecule is CCCCCCCCc1ccccc1Oc1cccc(S(=O)(=O)[O-])c1.CCCCCCCCc1ccccc1Oc1cccc(S(=O)(=O)[O-])c1.[Ca+2]. The zero-order valence-corrected chi connectivity index (χ0v) is 33.8. The maximum Gasteiger partial charge on any atom is 2.00 e. The summed E-state index contributed by atoms with van der Waals surface area (Å²) in [5.41, 5.74) is 2.18. The van der Waals surface area contributed by atoms with Crippen LogP contribution in [0.2, 0.25) is 0 Å². The van der Waals surface area contributed by atoms with Gasteiger partial charge in [-0.05, 0) is 85.3 Å². The van der Waals surface area contributed by atoms with E-state index in [2.05, 4.69) is 13.8 Å². The molecule has 4 rings (SSSR count). The van der Waals surface area contributed by atoms with Crippen LogP contribution in [0.15, 0.2) is 107 Å². The number of hydrogen-bond acceptors (Lipinski definition) is 8. The molecule has 51 heavy (non-hydrogen) atoms. The van der Waals surface area contributed by atoms with Crippen LogP contribution in [-0.2, 0) is 33.1 Å². The Hall–Kier alpha value is -2.44. The second-order valence-electron chi connectivity index (χ2n) is 12.3. The summed E-state index contributed by atoms with van der Waals surface area (Å²) < 4.78 is 78.5. The van der Waals surface area contributed by atoms with Crippen molar-refractivity contribution in [3.63, 3.8) is 0 Å². The number of para-hydroxylation sites is 2. The summed E-state index contributed by atoms with van der Waals surface area (Å²) >= 11 is 0. The van der Waals surface area contributed by atoms with Crippen molar-refractivity contribution in [2.45, 2.75) is 114 Å². The Morgan fingerprint density at radius 2 is 0.824 bits per heavy atom. The fourth-order valence-electron chi connectivity index (χ4n) is 5.45. The summed E-state index contributed by atoms with van der Waals surface area (Å²) in [5, 5.41) is 0. The number of aryl methyl sites for hydroxylation is 2. The summed E-state index contributed by atoms with van der Waals surface area (Å²) in [7, 11) is -8.97. The number of ether oxygens (including phenoxy) is 2. The first-order chi connectivity index (χ1) is 24.0. The van der Waals surface area contributed by atoms with E-state index in [4.69, 9.17) is 9.47 Å². The second kappa shape index (κ2) is 24.0.